The first-order valence-electron chi connectivity index (χ1n) is 10.0. The molecule has 4 rings (SSSR count). The number of benzene rings is 2. The number of pyridine rings is 1. The Hall–Kier alpha value is -2.90. The zero-order chi connectivity index (χ0) is 20.9. The van der Waals surface area contributed by atoms with Crippen molar-refractivity contribution in [2.24, 2.45) is 0 Å². The van der Waals surface area contributed by atoms with Crippen LogP contribution in [0.5, 0.6) is 11.5 Å². The Kier molecular flexibility index (Phi) is 6.30. The summed E-state index contributed by atoms with van der Waals surface area (Å²) < 4.78 is 30.1. The lowest BCUT2D eigenvalue weighted by Crippen LogP contribution is -2.37. The molecule has 1 aliphatic rings. The number of hydrogen-bond donors (Lipinski definition) is 1. The van der Waals surface area contributed by atoms with Crippen molar-refractivity contribution in [1.29, 1.82) is 0 Å². The summed E-state index contributed by atoms with van der Waals surface area (Å²) in [6.07, 6.45) is 0. The largest absolute Gasteiger partial charge is 0.496 e. The van der Waals surface area contributed by atoms with Gasteiger partial charge in [-0.15, -0.1) is 0 Å². The first-order valence-corrected chi connectivity index (χ1v) is 10.0. The molecule has 0 amide bonds. The van der Waals surface area contributed by atoms with E-state index in [4.69, 9.17) is 19.2 Å². The van der Waals surface area contributed by atoms with E-state index in [0.717, 1.165) is 46.7 Å². The van der Waals surface area contributed by atoms with Crippen molar-refractivity contribution < 1.29 is 18.6 Å². The Balaban J connectivity index is 1.69. The molecule has 7 heteroatoms. The van der Waals surface area contributed by atoms with E-state index in [0.29, 0.717) is 32.1 Å². The molecule has 2 aromatic carbocycles. The van der Waals surface area contributed by atoms with Crippen LogP contribution in [0.1, 0.15) is 11.1 Å². The second kappa shape index (κ2) is 9.28. The Bertz CT molecular complexity index is 1020. The Morgan fingerprint density at radius 1 is 1.03 bits per heavy atom. The third-order valence-electron chi connectivity index (χ3n) is 5.25. The summed E-state index contributed by atoms with van der Waals surface area (Å²) in [6.45, 7) is 4.06. The predicted octanol–water partition coefficient (Wildman–Crippen LogP) is 3.52. The van der Waals surface area contributed by atoms with Gasteiger partial charge in [0.2, 0.25) is 0 Å². The number of anilines is 1. The van der Waals surface area contributed by atoms with Crippen molar-refractivity contribution in [3.8, 4) is 11.5 Å². The zero-order valence-electron chi connectivity index (χ0n) is 17.3. The Morgan fingerprint density at radius 3 is 2.53 bits per heavy atom. The normalized spacial score (nSPS) is 14.2. The maximum Gasteiger partial charge on any atom is 0.145 e. The fourth-order valence-corrected chi connectivity index (χ4v) is 3.75. The van der Waals surface area contributed by atoms with Crippen molar-refractivity contribution >= 4 is 16.7 Å². The van der Waals surface area contributed by atoms with Gasteiger partial charge < -0.3 is 24.4 Å². The quantitative estimate of drug-likeness (QED) is 0.642. The van der Waals surface area contributed by atoms with Gasteiger partial charge in [0.15, 0.2) is 0 Å². The van der Waals surface area contributed by atoms with E-state index in [2.05, 4.69) is 16.3 Å². The van der Waals surface area contributed by atoms with Crippen LogP contribution >= 0.6 is 0 Å². The van der Waals surface area contributed by atoms with Gasteiger partial charge in [0.25, 0.3) is 0 Å². The van der Waals surface area contributed by atoms with Crippen molar-refractivity contribution in [3.05, 3.63) is 59.4 Å². The fraction of sp³-hybridized carbons (Fsp3) is 0.348. The van der Waals surface area contributed by atoms with Crippen LogP contribution in [0.25, 0.3) is 10.9 Å². The summed E-state index contributed by atoms with van der Waals surface area (Å²) >= 11 is 0. The molecule has 0 unspecified atom stereocenters. The summed E-state index contributed by atoms with van der Waals surface area (Å²) in [6, 6.07) is 12.5. The molecule has 0 aliphatic carbocycles. The molecule has 0 saturated carbocycles. The molecule has 0 bridgehead atoms. The molecule has 1 fully saturated rings. The number of methoxy groups -OCH3 is 2. The van der Waals surface area contributed by atoms with Crippen LogP contribution in [-0.4, -0.2) is 45.5 Å². The number of hydrogen-bond acceptors (Lipinski definition) is 6. The van der Waals surface area contributed by atoms with Crippen molar-refractivity contribution in [3.63, 3.8) is 0 Å². The average Bonchev–Trinajstić information content (AvgIpc) is 2.78. The number of morpholine rings is 1. The van der Waals surface area contributed by atoms with Crippen LogP contribution in [0.15, 0.2) is 42.5 Å². The van der Waals surface area contributed by atoms with Crippen molar-refractivity contribution in [1.82, 2.24) is 10.3 Å². The predicted molar refractivity (Wildman–Crippen MR) is 115 cm³/mol. The van der Waals surface area contributed by atoms with Crippen molar-refractivity contribution in [2.45, 2.75) is 13.1 Å². The van der Waals surface area contributed by atoms with Crippen LogP contribution in [0.4, 0.5) is 10.2 Å². The van der Waals surface area contributed by atoms with E-state index in [1.807, 2.05) is 18.2 Å². The zero-order valence-corrected chi connectivity index (χ0v) is 17.3. The minimum atomic E-state index is -0.229. The summed E-state index contributed by atoms with van der Waals surface area (Å²) in [7, 11) is 3.30. The average molecular weight is 411 g/mol. The van der Waals surface area contributed by atoms with Gasteiger partial charge in [-0.2, -0.15) is 0 Å². The Labute approximate surface area is 175 Å². The Morgan fingerprint density at radius 2 is 1.80 bits per heavy atom. The van der Waals surface area contributed by atoms with Gasteiger partial charge in [-0.25, -0.2) is 9.37 Å². The number of rotatable bonds is 7. The summed E-state index contributed by atoms with van der Waals surface area (Å²) in [4.78, 5) is 7.22. The molecule has 1 N–H and O–H groups in total. The number of fused-ring (bicyclic) bond motifs is 1. The standard InChI is InChI=1S/C23H26FN3O3/c1-28-20-6-7-21(29-2)22-19(20)13-17(23(26-22)27-8-10-30-11-9-27)15-25-14-16-4-3-5-18(24)12-16/h3-7,12-13,25H,8-11,14-15H2,1-2H3. The second-order valence-electron chi connectivity index (χ2n) is 7.17. The molecule has 6 nitrogen and oxygen atoms in total. The van der Waals surface area contributed by atoms with E-state index < -0.39 is 0 Å². The smallest absolute Gasteiger partial charge is 0.145 e. The van der Waals surface area contributed by atoms with Gasteiger partial charge in [0.1, 0.15) is 28.7 Å². The molecule has 1 aromatic heterocycles. The van der Waals surface area contributed by atoms with Crippen LogP contribution in [-0.2, 0) is 17.8 Å². The van der Waals surface area contributed by atoms with Crippen LogP contribution in [0.3, 0.4) is 0 Å². The van der Waals surface area contributed by atoms with E-state index >= 15 is 0 Å². The third kappa shape index (κ3) is 4.32. The number of nitrogens with zero attached hydrogens (tertiary/aromatic N) is 2. The van der Waals surface area contributed by atoms with Gasteiger partial charge in [-0.1, -0.05) is 12.1 Å². The highest BCUT2D eigenvalue weighted by Gasteiger charge is 2.20. The molecule has 0 atom stereocenters. The first kappa shape index (κ1) is 20.4. The third-order valence-corrected chi connectivity index (χ3v) is 5.25. The minimum Gasteiger partial charge on any atom is -0.496 e. The molecule has 0 spiro atoms. The highest BCUT2D eigenvalue weighted by molar-refractivity contribution is 5.92. The number of halogens is 1. The monoisotopic (exact) mass is 411 g/mol. The van der Waals surface area contributed by atoms with E-state index in [-0.39, 0.29) is 5.82 Å². The van der Waals surface area contributed by atoms with E-state index in [1.165, 1.54) is 6.07 Å². The first-order chi connectivity index (χ1) is 14.7. The summed E-state index contributed by atoms with van der Waals surface area (Å²) in [5.41, 5.74) is 2.72. The molecule has 3 aromatic rings. The molecular weight excluding hydrogens is 385 g/mol. The lowest BCUT2D eigenvalue weighted by atomic mass is 10.1. The molecule has 30 heavy (non-hydrogen) atoms. The van der Waals surface area contributed by atoms with Crippen LogP contribution in [0, 0.1) is 5.82 Å². The SMILES string of the molecule is COc1ccc(OC)c2nc(N3CCOCC3)c(CNCc3cccc(F)c3)cc12. The number of nitrogens with one attached hydrogen (secondary N) is 1. The fourth-order valence-electron chi connectivity index (χ4n) is 3.75. The van der Waals surface area contributed by atoms with Gasteiger partial charge in [0.05, 0.1) is 27.4 Å². The molecular formula is C23H26FN3O3. The molecule has 1 aliphatic heterocycles. The highest BCUT2D eigenvalue weighted by Crippen LogP contribution is 2.35. The highest BCUT2D eigenvalue weighted by atomic mass is 19.1. The molecule has 158 valence electrons. The topological polar surface area (TPSA) is 55.9 Å². The maximum absolute atomic E-state index is 13.5. The lowest BCUT2D eigenvalue weighted by molar-refractivity contribution is 0.122. The van der Waals surface area contributed by atoms with Gasteiger partial charge >= 0.3 is 0 Å². The van der Waals surface area contributed by atoms with E-state index in [1.54, 1.807) is 26.4 Å². The number of aromatic nitrogens is 1. The van der Waals surface area contributed by atoms with Gasteiger partial charge in [-0.05, 0) is 35.9 Å². The number of ether oxygens (including phenoxy) is 3. The lowest BCUT2D eigenvalue weighted by Gasteiger charge is -2.30. The second-order valence-corrected chi connectivity index (χ2v) is 7.17. The van der Waals surface area contributed by atoms with Crippen molar-refractivity contribution in [2.75, 3.05) is 45.4 Å². The van der Waals surface area contributed by atoms with Gasteiger partial charge in [0, 0.05) is 37.1 Å². The maximum atomic E-state index is 13.5. The van der Waals surface area contributed by atoms with Crippen LogP contribution < -0.4 is 19.7 Å². The molecule has 2 heterocycles. The molecule has 0 radical (unpaired) electrons. The summed E-state index contributed by atoms with van der Waals surface area (Å²) in [5, 5.41) is 4.32. The van der Waals surface area contributed by atoms with Gasteiger partial charge in [-0.3, -0.25) is 0 Å². The van der Waals surface area contributed by atoms with Crippen LogP contribution in [0.2, 0.25) is 0 Å². The summed E-state index contributed by atoms with van der Waals surface area (Å²) in [5.74, 6) is 2.13. The molecule has 1 saturated heterocycles. The minimum absolute atomic E-state index is 0.229. The van der Waals surface area contributed by atoms with E-state index in [9.17, 15) is 4.39 Å².